The lowest BCUT2D eigenvalue weighted by Crippen LogP contribution is -2.43. The first-order valence-electron chi connectivity index (χ1n) is 14.1. The van der Waals surface area contributed by atoms with Crippen LogP contribution in [0.15, 0.2) is 44.1 Å². The van der Waals surface area contributed by atoms with Crippen molar-refractivity contribution < 1.29 is 14.3 Å². The van der Waals surface area contributed by atoms with E-state index >= 15 is 0 Å². The number of amides is 1. The second kappa shape index (κ2) is 9.25. The van der Waals surface area contributed by atoms with E-state index in [0.29, 0.717) is 30.9 Å². The molecule has 0 bridgehead atoms. The molecule has 6 rings (SSSR count). The van der Waals surface area contributed by atoms with Crippen LogP contribution in [0.1, 0.15) is 79.1 Å². The fourth-order valence-electron chi connectivity index (χ4n) is 7.03. The molecule has 7 heteroatoms. The van der Waals surface area contributed by atoms with Crippen molar-refractivity contribution in [2.24, 2.45) is 27.7 Å². The van der Waals surface area contributed by atoms with E-state index in [1.54, 1.807) is 0 Å². The third kappa shape index (κ3) is 4.82. The monoisotopic (exact) mass is 504 g/mol. The number of hydrogen-bond acceptors (Lipinski definition) is 6. The minimum atomic E-state index is -0.512. The number of nitrogens with zero attached hydrogens (tertiary/aromatic N) is 3. The summed E-state index contributed by atoms with van der Waals surface area (Å²) in [6, 6.07) is -0.0390. The number of allylic oxidation sites excluding steroid dienone is 4. The van der Waals surface area contributed by atoms with Crippen LogP contribution < -0.4 is 0 Å². The molecule has 1 N–H and O–H groups in total. The van der Waals surface area contributed by atoms with Crippen molar-refractivity contribution in [2.75, 3.05) is 13.2 Å². The normalized spacial score (nSPS) is 33.5. The average molecular weight is 505 g/mol. The van der Waals surface area contributed by atoms with Crippen LogP contribution in [0.5, 0.6) is 0 Å². The largest absolute Gasteiger partial charge is 0.489 e. The second-order valence-corrected chi connectivity index (χ2v) is 12.9. The predicted molar refractivity (Wildman–Crippen MR) is 145 cm³/mol. The van der Waals surface area contributed by atoms with Gasteiger partial charge < -0.3 is 19.8 Å². The van der Waals surface area contributed by atoms with Gasteiger partial charge in [-0.25, -0.2) is 4.79 Å². The van der Waals surface area contributed by atoms with Crippen molar-refractivity contribution in [1.29, 1.82) is 5.41 Å². The molecule has 37 heavy (non-hydrogen) atoms. The van der Waals surface area contributed by atoms with Crippen molar-refractivity contribution in [2.45, 2.75) is 96.9 Å². The van der Waals surface area contributed by atoms with E-state index < -0.39 is 5.60 Å². The minimum Gasteiger partial charge on any atom is -0.489 e. The summed E-state index contributed by atoms with van der Waals surface area (Å²) in [4.78, 5) is 24.6. The first kappa shape index (κ1) is 24.6. The van der Waals surface area contributed by atoms with E-state index in [2.05, 4.69) is 13.0 Å². The van der Waals surface area contributed by atoms with Gasteiger partial charge in [0.15, 0.2) is 6.17 Å². The number of carbonyl (C=O) groups excluding carboxylic acids is 1. The first-order chi connectivity index (χ1) is 17.6. The highest BCUT2D eigenvalue weighted by Gasteiger charge is 2.42. The van der Waals surface area contributed by atoms with Crippen LogP contribution in [0.25, 0.3) is 0 Å². The lowest BCUT2D eigenvalue weighted by molar-refractivity contribution is 0.0206. The Balaban J connectivity index is 1.16. The van der Waals surface area contributed by atoms with Crippen LogP contribution in [-0.4, -0.2) is 59.6 Å². The van der Waals surface area contributed by atoms with E-state index in [-0.39, 0.29) is 18.3 Å². The molecule has 0 spiro atoms. The van der Waals surface area contributed by atoms with E-state index in [1.165, 1.54) is 22.3 Å². The Kier molecular flexibility index (Phi) is 6.15. The van der Waals surface area contributed by atoms with Crippen molar-refractivity contribution in [3.63, 3.8) is 0 Å². The molecular weight excluding hydrogens is 464 g/mol. The zero-order valence-corrected chi connectivity index (χ0v) is 22.7. The quantitative estimate of drug-likeness (QED) is 0.499. The van der Waals surface area contributed by atoms with Crippen LogP contribution in [0.4, 0.5) is 4.79 Å². The zero-order chi connectivity index (χ0) is 25.9. The van der Waals surface area contributed by atoms with E-state index in [4.69, 9.17) is 24.9 Å². The van der Waals surface area contributed by atoms with Gasteiger partial charge in [0.05, 0.1) is 11.8 Å². The highest BCUT2D eigenvalue weighted by atomic mass is 16.6. The van der Waals surface area contributed by atoms with E-state index in [9.17, 15) is 4.79 Å². The summed E-state index contributed by atoms with van der Waals surface area (Å²) in [5.41, 5.74) is 7.22. The summed E-state index contributed by atoms with van der Waals surface area (Å²) in [6.45, 7) is 9.27. The zero-order valence-electron chi connectivity index (χ0n) is 22.7. The molecule has 7 nitrogen and oxygen atoms in total. The third-order valence-corrected chi connectivity index (χ3v) is 8.81. The molecule has 5 unspecified atom stereocenters. The van der Waals surface area contributed by atoms with E-state index in [0.717, 1.165) is 68.5 Å². The Hall–Kier alpha value is -2.70. The number of fused-ring (bicyclic) bond motifs is 2. The smallest absolute Gasteiger partial charge is 0.410 e. The molecule has 3 aliphatic heterocycles. The number of ether oxygens (including phenoxy) is 2. The molecule has 6 aliphatic rings. The molecule has 0 aromatic carbocycles. The molecule has 1 saturated carbocycles. The minimum absolute atomic E-state index is 0.0390. The van der Waals surface area contributed by atoms with Gasteiger partial charge in [0.2, 0.25) is 0 Å². The van der Waals surface area contributed by atoms with Crippen LogP contribution >= 0.6 is 0 Å². The van der Waals surface area contributed by atoms with Gasteiger partial charge in [-0.2, -0.15) is 0 Å². The highest BCUT2D eigenvalue weighted by Crippen LogP contribution is 2.47. The maximum atomic E-state index is 12.9. The molecule has 0 radical (unpaired) electrons. The fraction of sp³-hybridized carbons (Fsp3) is 0.667. The number of hydrogen-bond donors (Lipinski definition) is 1. The van der Waals surface area contributed by atoms with Crippen LogP contribution in [-0.2, 0) is 9.47 Å². The molecule has 3 heterocycles. The van der Waals surface area contributed by atoms with Crippen molar-refractivity contribution in [3.05, 3.63) is 34.1 Å². The Morgan fingerprint density at radius 1 is 1.16 bits per heavy atom. The fourth-order valence-corrected chi connectivity index (χ4v) is 7.03. The first-order valence-corrected chi connectivity index (χ1v) is 14.1. The molecule has 0 aromatic rings. The van der Waals surface area contributed by atoms with Gasteiger partial charge in [-0.15, -0.1) is 0 Å². The van der Waals surface area contributed by atoms with Crippen molar-refractivity contribution in [1.82, 2.24) is 4.90 Å². The molecule has 1 amide bonds. The SMILES string of the molecule is CC1CC(C2N=CC(C3CCC4=C(COC5=C4CC4CCC(=N)CC4=C5)C3)=N2)N(C(=O)OC(C)(C)C)C1. The molecule has 3 aliphatic carbocycles. The standard InChI is InChI=1S/C30H40N4O3/c1-17-9-26(34(15-17)29(35)37-30(2,3)4)28-32-14-25(33-28)19-6-8-23-21(10-19)16-36-27-13-20-11-22(31)7-5-18(20)12-24(23)27/h13-14,17-19,26,28,31H,5-12,15-16H2,1-4H3. The van der Waals surface area contributed by atoms with Crippen LogP contribution in [0.2, 0.25) is 0 Å². The third-order valence-electron chi connectivity index (χ3n) is 8.81. The van der Waals surface area contributed by atoms with Gasteiger partial charge in [0, 0.05) is 30.8 Å². The molecule has 5 atom stereocenters. The summed E-state index contributed by atoms with van der Waals surface area (Å²) in [7, 11) is 0. The Bertz CT molecular complexity index is 1170. The summed E-state index contributed by atoms with van der Waals surface area (Å²) in [6.07, 6.45) is 11.7. The second-order valence-electron chi connectivity index (χ2n) is 12.9. The number of aliphatic imine (C=N–C) groups is 2. The number of rotatable bonds is 2. The van der Waals surface area contributed by atoms with Gasteiger partial charge in [-0.05, 0) is 100 Å². The van der Waals surface area contributed by atoms with Gasteiger partial charge in [-0.1, -0.05) is 12.5 Å². The number of carbonyl (C=O) groups is 1. The lowest BCUT2D eigenvalue weighted by atomic mass is 9.71. The van der Waals surface area contributed by atoms with Crippen LogP contribution in [0, 0.1) is 23.2 Å². The highest BCUT2D eigenvalue weighted by molar-refractivity contribution is 6.32. The van der Waals surface area contributed by atoms with Crippen molar-refractivity contribution >= 4 is 23.7 Å². The summed E-state index contributed by atoms with van der Waals surface area (Å²) >= 11 is 0. The molecular formula is C30H40N4O3. The Morgan fingerprint density at radius 2 is 1.97 bits per heavy atom. The van der Waals surface area contributed by atoms with Crippen LogP contribution in [0.3, 0.4) is 0 Å². The Morgan fingerprint density at radius 3 is 2.78 bits per heavy atom. The topological polar surface area (TPSA) is 87.3 Å². The average Bonchev–Trinajstić information content (AvgIpc) is 3.48. The Labute approximate surface area is 220 Å². The lowest BCUT2D eigenvalue weighted by Gasteiger charge is -2.38. The maximum absolute atomic E-state index is 12.9. The van der Waals surface area contributed by atoms with Gasteiger partial charge in [0.25, 0.3) is 0 Å². The number of nitrogens with one attached hydrogen (secondary N) is 1. The summed E-state index contributed by atoms with van der Waals surface area (Å²) in [5, 5.41) is 8.09. The maximum Gasteiger partial charge on any atom is 0.410 e. The van der Waals surface area contributed by atoms with Gasteiger partial charge >= 0.3 is 6.09 Å². The molecule has 2 fully saturated rings. The molecule has 1 saturated heterocycles. The molecule has 0 aromatic heterocycles. The predicted octanol–water partition coefficient (Wildman–Crippen LogP) is 6.01. The summed E-state index contributed by atoms with van der Waals surface area (Å²) < 4.78 is 12.0. The van der Waals surface area contributed by atoms with Gasteiger partial charge in [0.1, 0.15) is 18.0 Å². The van der Waals surface area contributed by atoms with E-state index in [1.807, 2.05) is 31.9 Å². The number of likely N-dealkylation sites (tertiary alicyclic amines) is 1. The molecule has 198 valence electrons. The summed E-state index contributed by atoms with van der Waals surface area (Å²) in [5.74, 6) is 2.42. The van der Waals surface area contributed by atoms with Crippen molar-refractivity contribution in [3.8, 4) is 0 Å². The van der Waals surface area contributed by atoms with Gasteiger partial charge in [-0.3, -0.25) is 9.98 Å².